The largest absolute Gasteiger partial charge is 0.465 e. The van der Waals surface area contributed by atoms with E-state index in [9.17, 15) is 24.0 Å². The molecule has 0 radical (unpaired) electrons. The number of nitrogens with one attached hydrogen (secondary N) is 1. The van der Waals surface area contributed by atoms with Crippen molar-refractivity contribution in [2.75, 3.05) is 18.2 Å². The smallest absolute Gasteiger partial charge is 0.337 e. The monoisotopic (exact) mass is 663 g/mol. The topological polar surface area (TPSA) is 181 Å². The number of nitrogens with zero attached hydrogens (tertiary/aromatic N) is 5. The molecular formula is C36H37N7O6. The number of aromatic nitrogens is 5. The third-order valence-electron chi connectivity index (χ3n) is 7.52. The summed E-state index contributed by atoms with van der Waals surface area (Å²) in [5.41, 5.74) is 9.20. The number of nitrogens with two attached hydrogens (primary N) is 1. The lowest BCUT2D eigenvalue weighted by molar-refractivity contribution is 0.0600. The van der Waals surface area contributed by atoms with Gasteiger partial charge in [0.1, 0.15) is 22.8 Å². The van der Waals surface area contributed by atoms with Gasteiger partial charge >= 0.3 is 5.97 Å². The summed E-state index contributed by atoms with van der Waals surface area (Å²) in [6.45, 7) is 8.90. The highest BCUT2D eigenvalue weighted by Gasteiger charge is 2.23. The Morgan fingerprint density at radius 3 is 1.96 bits per heavy atom. The number of pyridine rings is 1. The summed E-state index contributed by atoms with van der Waals surface area (Å²) in [5, 5.41) is 11.8. The number of carbonyl (C=O) groups is 3. The van der Waals surface area contributed by atoms with Crippen LogP contribution in [-0.2, 0) is 17.8 Å². The van der Waals surface area contributed by atoms with Gasteiger partial charge in [0.05, 0.1) is 35.2 Å². The zero-order valence-corrected chi connectivity index (χ0v) is 28.1. The molecule has 0 aliphatic heterocycles. The first-order chi connectivity index (χ1) is 23.4. The van der Waals surface area contributed by atoms with Gasteiger partial charge in [-0.3, -0.25) is 24.2 Å². The van der Waals surface area contributed by atoms with Crippen LogP contribution in [0.2, 0.25) is 0 Å². The van der Waals surface area contributed by atoms with Crippen LogP contribution in [0.5, 0.6) is 0 Å². The number of esters is 1. The fourth-order valence-corrected chi connectivity index (χ4v) is 5.07. The Morgan fingerprint density at radius 2 is 1.39 bits per heavy atom. The van der Waals surface area contributed by atoms with Crippen molar-refractivity contribution in [2.45, 2.75) is 47.7 Å². The number of hydrogen-bond acceptors (Lipinski definition) is 11. The normalized spacial score (nSPS) is 10.5. The minimum atomic E-state index is -0.509. The molecule has 0 unspecified atom stereocenters. The number of methoxy groups -OCH3 is 1. The van der Waals surface area contributed by atoms with Crippen LogP contribution >= 0.6 is 0 Å². The number of Topliss-reactive ketones (excluding diaryl/α,β-unsaturated/α-hetero) is 2. The van der Waals surface area contributed by atoms with Crippen molar-refractivity contribution in [2.24, 2.45) is 0 Å². The first kappa shape index (κ1) is 35.6. The average molecular weight is 664 g/mol. The quantitative estimate of drug-likeness (QED) is 0.158. The highest BCUT2D eigenvalue weighted by Crippen LogP contribution is 2.28. The molecule has 252 valence electrons. The van der Waals surface area contributed by atoms with E-state index < -0.39 is 11.5 Å². The molecule has 0 bridgehead atoms. The fourth-order valence-electron chi connectivity index (χ4n) is 5.07. The van der Waals surface area contributed by atoms with Crippen LogP contribution in [0.3, 0.4) is 0 Å². The summed E-state index contributed by atoms with van der Waals surface area (Å²) >= 11 is 0. The van der Waals surface area contributed by atoms with E-state index in [4.69, 9.17) is 5.73 Å². The maximum absolute atomic E-state index is 12.9. The number of carbonyl (C=O) groups excluding carboxylic acids is 3. The zero-order valence-electron chi connectivity index (χ0n) is 28.1. The van der Waals surface area contributed by atoms with Gasteiger partial charge in [-0.1, -0.05) is 42.5 Å². The Kier molecular flexibility index (Phi) is 11.3. The molecule has 0 spiro atoms. The van der Waals surface area contributed by atoms with Crippen LogP contribution < -0.4 is 22.2 Å². The Balaban J connectivity index is 0.000000223. The van der Waals surface area contributed by atoms with Crippen LogP contribution in [0.4, 0.5) is 17.1 Å². The Morgan fingerprint density at radius 1 is 0.796 bits per heavy atom. The predicted molar refractivity (Wildman–Crippen MR) is 187 cm³/mol. The predicted octanol–water partition coefficient (Wildman–Crippen LogP) is 5.08. The molecule has 2 aromatic carbocycles. The number of benzene rings is 2. The van der Waals surface area contributed by atoms with Crippen LogP contribution in [-0.4, -0.2) is 49.2 Å². The molecule has 3 heterocycles. The molecule has 3 aromatic heterocycles. The van der Waals surface area contributed by atoms with Crippen molar-refractivity contribution < 1.29 is 19.1 Å². The molecule has 13 heteroatoms. The standard InChI is InChI=1S/C20H20N4O2.C16H17N3O4/c1-4-24-20(26)19(22-16-11-8-12-21-13(16)2)17(14(3)25)18(23-24)15-9-6-5-7-10-15;1-4-19-15(21)13(17)12(9(2)20)14(18-19)10-6-5-7-11(8-10)16(22)23-3/h5-12,22H,4H2,1-3H3;5-8H,4,17H2,1-3H3. The summed E-state index contributed by atoms with van der Waals surface area (Å²) in [6, 6.07) is 19.5. The summed E-state index contributed by atoms with van der Waals surface area (Å²) in [4.78, 5) is 65.2. The first-order valence-corrected chi connectivity index (χ1v) is 15.4. The molecule has 5 rings (SSSR count). The Hall–Kier alpha value is -6.24. The van der Waals surface area contributed by atoms with Gasteiger partial charge in [-0.05, 0) is 58.9 Å². The van der Waals surface area contributed by atoms with Crippen molar-refractivity contribution >= 4 is 34.6 Å². The second kappa shape index (κ2) is 15.6. The minimum Gasteiger partial charge on any atom is -0.465 e. The van der Waals surface area contributed by atoms with Crippen LogP contribution in [0, 0.1) is 6.92 Å². The van der Waals surface area contributed by atoms with Crippen molar-refractivity contribution in [3.8, 4) is 22.5 Å². The van der Waals surface area contributed by atoms with E-state index in [2.05, 4.69) is 25.2 Å². The number of aryl methyl sites for hydroxylation is 3. The van der Waals surface area contributed by atoms with Crippen LogP contribution in [0.25, 0.3) is 22.5 Å². The average Bonchev–Trinajstić information content (AvgIpc) is 3.10. The van der Waals surface area contributed by atoms with E-state index in [1.807, 2.05) is 50.2 Å². The summed E-state index contributed by atoms with van der Waals surface area (Å²) in [5.74, 6) is -1.09. The summed E-state index contributed by atoms with van der Waals surface area (Å²) in [7, 11) is 1.28. The van der Waals surface area contributed by atoms with Crippen LogP contribution in [0.15, 0.2) is 82.5 Å². The van der Waals surface area contributed by atoms with Gasteiger partial charge in [-0.25, -0.2) is 14.2 Å². The third-order valence-corrected chi connectivity index (χ3v) is 7.52. The molecule has 0 amide bonds. The lowest BCUT2D eigenvalue weighted by Gasteiger charge is -2.16. The number of anilines is 3. The van der Waals surface area contributed by atoms with Crippen molar-refractivity contribution in [3.63, 3.8) is 0 Å². The lowest BCUT2D eigenvalue weighted by atomic mass is 10.0. The second-order valence-corrected chi connectivity index (χ2v) is 10.8. The van der Waals surface area contributed by atoms with Gasteiger partial charge < -0.3 is 15.8 Å². The maximum Gasteiger partial charge on any atom is 0.337 e. The number of ketones is 2. The van der Waals surface area contributed by atoms with Crippen molar-refractivity contribution in [1.29, 1.82) is 0 Å². The van der Waals surface area contributed by atoms with E-state index in [-0.39, 0.29) is 45.3 Å². The molecule has 0 atom stereocenters. The molecule has 49 heavy (non-hydrogen) atoms. The molecule has 0 aliphatic carbocycles. The molecule has 5 aromatic rings. The number of rotatable bonds is 9. The second-order valence-electron chi connectivity index (χ2n) is 10.8. The SMILES string of the molecule is CCn1nc(-c2cccc(C(=O)OC)c2)c(C(C)=O)c(N)c1=O.CCn1nc(-c2ccccc2)c(C(C)=O)c(Nc2cccnc2C)c1=O. The number of ether oxygens (including phenoxy) is 1. The minimum absolute atomic E-state index is 0.0571. The number of hydrogen-bond donors (Lipinski definition) is 2. The van der Waals surface area contributed by atoms with Crippen molar-refractivity contribution in [1.82, 2.24) is 24.5 Å². The Labute approximate surface area is 282 Å². The van der Waals surface area contributed by atoms with E-state index in [0.717, 1.165) is 11.3 Å². The highest BCUT2D eigenvalue weighted by atomic mass is 16.5. The molecule has 0 aliphatic rings. The molecular weight excluding hydrogens is 626 g/mol. The van der Waals surface area contributed by atoms with Gasteiger partial charge in [0.25, 0.3) is 11.1 Å². The third kappa shape index (κ3) is 7.67. The molecule has 3 N–H and O–H groups in total. The molecule has 0 saturated carbocycles. The molecule has 0 saturated heterocycles. The maximum atomic E-state index is 12.9. The molecule has 13 nitrogen and oxygen atoms in total. The zero-order chi connectivity index (χ0) is 35.8. The van der Waals surface area contributed by atoms with Gasteiger partial charge in [0.15, 0.2) is 11.6 Å². The lowest BCUT2D eigenvalue weighted by Crippen LogP contribution is -2.28. The van der Waals surface area contributed by atoms with E-state index in [1.165, 1.54) is 30.3 Å². The first-order valence-electron chi connectivity index (χ1n) is 15.4. The van der Waals surface area contributed by atoms with E-state index in [0.29, 0.717) is 35.6 Å². The summed E-state index contributed by atoms with van der Waals surface area (Å²) < 4.78 is 7.23. The van der Waals surface area contributed by atoms with E-state index in [1.54, 1.807) is 43.5 Å². The van der Waals surface area contributed by atoms with Crippen molar-refractivity contribution in [3.05, 3.63) is 116 Å². The molecule has 0 fully saturated rings. The fraction of sp³-hybridized carbons (Fsp3) is 0.222. The van der Waals surface area contributed by atoms with Crippen LogP contribution in [0.1, 0.15) is 64.5 Å². The van der Waals surface area contributed by atoms with Gasteiger partial charge in [0.2, 0.25) is 0 Å². The van der Waals surface area contributed by atoms with E-state index >= 15 is 0 Å². The Bertz CT molecular complexity index is 2160. The highest BCUT2D eigenvalue weighted by molar-refractivity contribution is 6.06. The van der Waals surface area contributed by atoms with Gasteiger partial charge in [0, 0.05) is 30.4 Å². The summed E-state index contributed by atoms with van der Waals surface area (Å²) in [6.07, 6.45) is 1.68. The van der Waals surface area contributed by atoms with Gasteiger partial charge in [-0.2, -0.15) is 10.2 Å². The van der Waals surface area contributed by atoms with Gasteiger partial charge in [-0.15, -0.1) is 0 Å². The number of nitrogen functional groups attached to an aromatic ring is 1.